The minimum Gasteiger partial charge on any atom is -0.870 e. The van der Waals surface area contributed by atoms with E-state index >= 15 is 0 Å². The molecule has 0 saturated heterocycles. The average Bonchev–Trinajstić information content (AvgIpc) is 0.750. The van der Waals surface area contributed by atoms with Gasteiger partial charge in [-0.1, -0.05) is 130 Å². The zero-order valence-electron chi connectivity index (χ0n) is 76.7. The Kier molecular flexibility index (Phi) is 41.7. The number of benzene rings is 10. The average molecular weight is 1890 g/mol. The van der Waals surface area contributed by atoms with Gasteiger partial charge in [0.1, 0.15) is 57.5 Å². The van der Waals surface area contributed by atoms with Crippen LogP contribution in [0.2, 0.25) is 0 Å². The first kappa shape index (κ1) is 112. The number of anilines is 1. The van der Waals surface area contributed by atoms with Crippen molar-refractivity contribution < 1.29 is 200 Å². The van der Waals surface area contributed by atoms with Crippen molar-refractivity contribution in [2.45, 2.75) is 128 Å². The van der Waals surface area contributed by atoms with E-state index < -0.39 is 64.3 Å². The molecule has 15 rings (SSSR count). The summed E-state index contributed by atoms with van der Waals surface area (Å²) in [5, 5.41) is 41.0. The van der Waals surface area contributed by atoms with Gasteiger partial charge in [0, 0.05) is 77.9 Å². The van der Waals surface area contributed by atoms with Gasteiger partial charge in [-0.25, -0.2) is 14.4 Å². The maximum absolute atomic E-state index is 13.4. The van der Waals surface area contributed by atoms with Crippen molar-refractivity contribution >= 4 is 87.3 Å². The molecule has 0 saturated carbocycles. The van der Waals surface area contributed by atoms with Crippen molar-refractivity contribution in [3.63, 3.8) is 0 Å². The molecule has 0 atom stereocenters. The van der Waals surface area contributed by atoms with E-state index in [9.17, 15) is 82.4 Å². The van der Waals surface area contributed by atoms with Crippen LogP contribution < -0.4 is 103 Å². The molecular weight excluding hydrogens is 1790 g/mol. The number of hydrogen-bond acceptors (Lipinski definition) is 28. The van der Waals surface area contributed by atoms with Crippen molar-refractivity contribution in [2.75, 3.05) is 65.2 Å². The molecule has 8 N–H and O–H groups in total. The van der Waals surface area contributed by atoms with E-state index in [1.54, 1.807) is 78.9 Å². The SMILES string of the molecule is C.CCCOC(=O)c1cc(OCCC)c2c(c1)C(=O)c1cccc(OCCC)c1C2=O.CCCOc1cccc2c1C(=O)c1c(OCCC)cc(C(=O)N=[N+]=[N-])cc1C2=O.CCCOc1cccc2c1C(=O)c1c(OCCC)cc(C(=O)O)cc1C2=O.CCCOc1cccc2c1C(=O)c1c(OCCC)cc(N)cc1C2=O.O=C(O)c1cc(O)c2c(c1)C(=O)c1cccc(O)c1C2=O.[Na+].[Na+].[OH-].[OH-]. The van der Waals surface area contributed by atoms with Crippen LogP contribution >= 0.6 is 0 Å². The van der Waals surface area contributed by atoms with Gasteiger partial charge in [-0.05, 0) is 153 Å². The Hall–Kier alpha value is -14.0. The third-order valence-electron chi connectivity index (χ3n) is 20.7. The number of carbonyl (C=O) groups is 14. The van der Waals surface area contributed by atoms with Crippen LogP contribution in [-0.2, 0) is 4.74 Å². The van der Waals surface area contributed by atoms with Crippen molar-refractivity contribution in [3.8, 4) is 57.5 Å². The van der Waals surface area contributed by atoms with Gasteiger partial charge in [-0.15, -0.1) is 0 Å². The minimum atomic E-state index is -1.32. The number of esters is 1. The van der Waals surface area contributed by atoms with Crippen LogP contribution in [0.1, 0.15) is 328 Å². The normalized spacial score (nSPS) is 11.9. The predicted molar refractivity (Wildman–Crippen MR) is 491 cm³/mol. The molecule has 0 fully saturated rings. The van der Waals surface area contributed by atoms with Gasteiger partial charge in [-0.3, -0.25) is 52.7 Å². The molecule has 33 nitrogen and oxygen atoms in total. The predicted octanol–water partition coefficient (Wildman–Crippen LogP) is 12.3. The number of aromatic hydroxyl groups is 2. The number of nitrogens with zero attached hydrogens (tertiary/aromatic N) is 3. The Morgan fingerprint density at radius 3 is 0.861 bits per heavy atom. The van der Waals surface area contributed by atoms with Crippen LogP contribution in [0.4, 0.5) is 5.69 Å². The topological polar surface area (TPSA) is 538 Å². The molecule has 0 unspecified atom stereocenters. The van der Waals surface area contributed by atoms with Gasteiger partial charge in [0.25, 0.3) is 0 Å². The fourth-order valence-electron chi connectivity index (χ4n) is 14.8. The Morgan fingerprint density at radius 2 is 0.540 bits per heavy atom. The molecule has 0 heterocycles. The molecule has 704 valence electrons. The first-order valence-electron chi connectivity index (χ1n) is 43.0. The van der Waals surface area contributed by atoms with Crippen LogP contribution in [0.15, 0.2) is 157 Å². The number of ketones is 10. The molecule has 10 aromatic rings. The summed E-state index contributed by atoms with van der Waals surface area (Å²) in [5.41, 5.74) is 17.1. The molecule has 5 aliphatic rings. The van der Waals surface area contributed by atoms with Crippen molar-refractivity contribution in [2.24, 2.45) is 5.11 Å². The van der Waals surface area contributed by atoms with Crippen LogP contribution in [0, 0.1) is 0 Å². The summed E-state index contributed by atoms with van der Waals surface area (Å²) in [5.74, 6) is -6.74. The second-order valence-corrected chi connectivity index (χ2v) is 30.3. The van der Waals surface area contributed by atoms with E-state index in [4.69, 9.17) is 59.0 Å². The number of amides is 1. The fourth-order valence-corrected chi connectivity index (χ4v) is 14.8. The van der Waals surface area contributed by atoms with E-state index in [-0.39, 0.29) is 259 Å². The monoisotopic (exact) mass is 1890 g/mol. The van der Waals surface area contributed by atoms with E-state index in [1.807, 2.05) is 62.3 Å². The molecule has 5 aliphatic carbocycles. The van der Waals surface area contributed by atoms with E-state index in [0.717, 1.165) is 44.2 Å². The second kappa shape index (κ2) is 51.1. The zero-order valence-corrected chi connectivity index (χ0v) is 80.7. The number of aromatic carboxylic acids is 2. The van der Waals surface area contributed by atoms with Gasteiger partial charge in [0.15, 0.2) is 28.9 Å². The molecule has 0 radical (unpaired) electrons. The second-order valence-electron chi connectivity index (χ2n) is 30.3. The molecule has 35 heteroatoms. The summed E-state index contributed by atoms with van der Waals surface area (Å²) in [6.45, 7) is 20.8. The first-order valence-corrected chi connectivity index (χ1v) is 43.0. The maximum Gasteiger partial charge on any atom is 1.00 e. The van der Waals surface area contributed by atoms with Crippen molar-refractivity contribution in [1.29, 1.82) is 0 Å². The molecule has 137 heavy (non-hydrogen) atoms. The fraction of sp³-hybridized carbons (Fsp3) is 0.275. The van der Waals surface area contributed by atoms with E-state index in [2.05, 4.69) is 10.0 Å². The Labute approximate surface area is 832 Å². The molecule has 1 amide bonds. The molecule has 0 aromatic heterocycles. The van der Waals surface area contributed by atoms with E-state index in [0.29, 0.717) is 117 Å². The number of ether oxygens (including phenoxy) is 9. The molecule has 0 spiro atoms. The summed E-state index contributed by atoms with van der Waals surface area (Å²) < 4.78 is 50.7. The number of fused-ring (bicyclic) bond motifs is 10. The summed E-state index contributed by atoms with van der Waals surface area (Å²) >= 11 is 0. The van der Waals surface area contributed by atoms with Gasteiger partial charge >= 0.3 is 77.0 Å². The summed E-state index contributed by atoms with van der Waals surface area (Å²) in [6.07, 6.45) is 6.60. The number of carboxylic acid groups (broad SMARTS) is 2. The van der Waals surface area contributed by atoms with Crippen LogP contribution in [0.5, 0.6) is 57.5 Å². The van der Waals surface area contributed by atoms with Gasteiger partial charge < -0.3 is 79.7 Å². The third-order valence-corrected chi connectivity index (χ3v) is 20.7. The van der Waals surface area contributed by atoms with E-state index in [1.165, 1.54) is 60.7 Å². The van der Waals surface area contributed by atoms with Gasteiger partial charge in [0.05, 0.1) is 132 Å². The number of hydrogen-bond donors (Lipinski definition) is 5. The number of carboxylic acids is 2. The molecular formula is C102H100N4Na2O29. The molecule has 10 aromatic carbocycles. The standard InChI is InChI=1S/C24H26O6.C21H19N3O5.C21H20O6.C20H21NO4.C15H8O6.CH4.2Na.2H2O/c1-4-10-28-18-9-7-8-16-20(18)23(26)21-17(22(16)25)13-15(24(27)30-12-6-3)14-19(21)29-11-5-2;1-3-8-28-15-7-5-6-13-17(15)20(26)18-14(19(13)25)10-12(21(27)23-24-22)11-16(18)29-9-4-2;1-3-8-26-15-7-5-6-13-17(15)20(23)18-14(19(13)22)10-12(21(24)25)11-16(18)27-9-4-2;1-3-8-24-15-7-5-6-13-17(15)20(23)18-14(19(13)22)10-12(21)11-16(18)25-9-4-2;16-9-3-1-2-7-11(9)14(19)12-8(13(7)18)4-6(15(20)21)5-10(12)17;;;;;/h7-9,13-14H,4-6,10-12H2,1-3H3;5-7,10-11H,3-4,8-9H2,1-2H3;5-7,10-11H,3-4,8-9H2,1-2H3,(H,24,25);5-7,10-11H,3-4,8-9,21H2,1-2H3;1-5,16-17H,(H,20,21);1H4;;;2*1H2/q;;;;;;2*+1;;/p-2. The minimum absolute atomic E-state index is 0. The molecule has 0 aliphatic heterocycles. The van der Waals surface area contributed by atoms with Gasteiger partial charge in [-0.2, -0.15) is 0 Å². The number of carbonyl (C=O) groups excluding carboxylic acids is 12. The van der Waals surface area contributed by atoms with Crippen LogP contribution in [-0.4, -0.2) is 172 Å². The number of azide groups is 1. The summed E-state index contributed by atoms with van der Waals surface area (Å²) in [6, 6.07) is 36.9. The van der Waals surface area contributed by atoms with Crippen LogP contribution in [0.3, 0.4) is 0 Å². The van der Waals surface area contributed by atoms with Gasteiger partial charge in [0.2, 0.25) is 34.8 Å². The first-order chi connectivity index (χ1) is 63.5. The number of rotatable bonds is 30. The largest absolute Gasteiger partial charge is 1.00 e. The number of nitrogen functional groups attached to an aromatic ring is 1. The van der Waals surface area contributed by atoms with Crippen LogP contribution in [0.25, 0.3) is 10.4 Å². The third kappa shape index (κ3) is 23.9. The number of phenols is 2. The molecule has 0 bridgehead atoms. The zero-order chi connectivity index (χ0) is 95.5. The Balaban J connectivity index is 0.000000262. The Morgan fingerprint density at radius 1 is 0.299 bits per heavy atom. The van der Waals surface area contributed by atoms with Crippen molar-refractivity contribution in [3.05, 3.63) is 296 Å². The maximum atomic E-state index is 13.4. The number of phenolic OH excluding ortho intramolecular Hbond substituents is 2. The smallest absolute Gasteiger partial charge is 0.870 e. The summed E-state index contributed by atoms with van der Waals surface area (Å²) in [4.78, 5) is 180. The number of nitrogens with two attached hydrogens (primary N) is 1. The quantitative estimate of drug-likeness (QED) is 0.00697. The van der Waals surface area contributed by atoms with Crippen molar-refractivity contribution in [1.82, 2.24) is 0 Å². The Bertz CT molecular complexity index is 6430. The summed E-state index contributed by atoms with van der Waals surface area (Å²) in [7, 11) is 0.